The first kappa shape index (κ1) is 20.0. The summed E-state index contributed by atoms with van der Waals surface area (Å²) in [5.74, 6) is 1.75. The van der Waals surface area contributed by atoms with E-state index < -0.39 is 5.92 Å². The third-order valence-electron chi connectivity index (χ3n) is 4.60. The average molecular weight is 391 g/mol. The van der Waals surface area contributed by atoms with E-state index in [1.54, 1.807) is 60.5 Å². The van der Waals surface area contributed by atoms with Crippen molar-refractivity contribution >= 4 is 29.1 Å². The van der Waals surface area contributed by atoms with Crippen LogP contribution in [0.25, 0.3) is 0 Å². The molecular weight excluding hydrogens is 370 g/mol. The van der Waals surface area contributed by atoms with E-state index in [1.807, 2.05) is 0 Å². The maximum absolute atomic E-state index is 12.4. The summed E-state index contributed by atoms with van der Waals surface area (Å²) in [6.45, 7) is 0.0621. The molecule has 2 N–H and O–H groups in total. The van der Waals surface area contributed by atoms with Crippen molar-refractivity contribution in [2.45, 2.75) is 6.42 Å². The van der Waals surface area contributed by atoms with Crippen molar-refractivity contribution in [3.8, 4) is 18.1 Å². The van der Waals surface area contributed by atoms with Crippen LogP contribution in [0.3, 0.4) is 0 Å². The molecule has 1 saturated heterocycles. The molecule has 0 aromatic heterocycles. The van der Waals surface area contributed by atoms with E-state index in [9.17, 15) is 14.4 Å². The lowest BCUT2D eigenvalue weighted by molar-refractivity contribution is -0.127. The Morgan fingerprint density at radius 3 is 2.79 bits per heavy atom. The number of carbonyl (C=O) groups excluding carboxylic acids is 3. The number of ether oxygens (including phenoxy) is 1. The van der Waals surface area contributed by atoms with Crippen LogP contribution >= 0.6 is 0 Å². The lowest BCUT2D eigenvalue weighted by atomic mass is 10.1. The quantitative estimate of drug-likeness (QED) is 0.735. The van der Waals surface area contributed by atoms with Gasteiger partial charge in [-0.3, -0.25) is 14.4 Å². The largest absolute Gasteiger partial charge is 0.497 e. The van der Waals surface area contributed by atoms with Crippen molar-refractivity contribution in [1.82, 2.24) is 5.32 Å². The smallest absolute Gasteiger partial charge is 0.243 e. The van der Waals surface area contributed by atoms with Gasteiger partial charge in [0.05, 0.1) is 19.6 Å². The molecule has 29 heavy (non-hydrogen) atoms. The number of methoxy groups -OCH3 is 1. The Kier molecular flexibility index (Phi) is 6.15. The predicted molar refractivity (Wildman–Crippen MR) is 109 cm³/mol. The van der Waals surface area contributed by atoms with Crippen LogP contribution in [-0.2, 0) is 14.4 Å². The number of nitrogens with zero attached hydrogens (tertiary/aromatic N) is 1. The van der Waals surface area contributed by atoms with Crippen LogP contribution in [0, 0.1) is 18.3 Å². The maximum Gasteiger partial charge on any atom is 0.243 e. The Morgan fingerprint density at radius 1 is 1.24 bits per heavy atom. The second-order valence-electron chi connectivity index (χ2n) is 6.60. The van der Waals surface area contributed by atoms with E-state index in [0.717, 1.165) is 0 Å². The molecule has 1 aliphatic heterocycles. The van der Waals surface area contributed by atoms with Gasteiger partial charge in [0.1, 0.15) is 5.75 Å². The SMILES string of the molecule is C#Cc1cccc(NC(=O)CNC(=O)C2CC(=O)N(c3cccc(OC)c3)C2)c1. The van der Waals surface area contributed by atoms with Gasteiger partial charge in [-0.2, -0.15) is 0 Å². The van der Waals surface area contributed by atoms with E-state index in [0.29, 0.717) is 22.7 Å². The molecule has 1 unspecified atom stereocenters. The van der Waals surface area contributed by atoms with Gasteiger partial charge in [-0.1, -0.05) is 18.1 Å². The lowest BCUT2D eigenvalue weighted by Gasteiger charge is -2.17. The Balaban J connectivity index is 1.53. The molecule has 1 aliphatic rings. The molecule has 7 nitrogen and oxygen atoms in total. The minimum absolute atomic E-state index is 0.0921. The summed E-state index contributed by atoms with van der Waals surface area (Å²) < 4.78 is 5.18. The summed E-state index contributed by atoms with van der Waals surface area (Å²) >= 11 is 0. The van der Waals surface area contributed by atoms with Crippen LogP contribution in [0.2, 0.25) is 0 Å². The number of nitrogens with one attached hydrogen (secondary N) is 2. The maximum atomic E-state index is 12.4. The highest BCUT2D eigenvalue weighted by Gasteiger charge is 2.35. The summed E-state index contributed by atoms with van der Waals surface area (Å²) in [6.07, 6.45) is 5.43. The second-order valence-corrected chi connectivity index (χ2v) is 6.60. The number of hydrogen-bond acceptors (Lipinski definition) is 4. The number of rotatable bonds is 6. The van der Waals surface area contributed by atoms with Gasteiger partial charge >= 0.3 is 0 Å². The van der Waals surface area contributed by atoms with Crippen LogP contribution in [0.5, 0.6) is 5.75 Å². The third kappa shape index (κ3) is 4.93. The molecule has 0 spiro atoms. The fourth-order valence-electron chi connectivity index (χ4n) is 3.11. The van der Waals surface area contributed by atoms with Gasteiger partial charge in [-0.25, -0.2) is 0 Å². The highest BCUT2D eigenvalue weighted by atomic mass is 16.5. The van der Waals surface area contributed by atoms with Gasteiger partial charge in [0.15, 0.2) is 0 Å². The molecule has 3 rings (SSSR count). The molecule has 7 heteroatoms. The Hall–Kier alpha value is -3.79. The molecule has 2 aromatic carbocycles. The van der Waals surface area contributed by atoms with Crippen molar-refractivity contribution in [2.75, 3.05) is 30.4 Å². The van der Waals surface area contributed by atoms with E-state index in [1.165, 1.54) is 0 Å². The van der Waals surface area contributed by atoms with E-state index in [-0.39, 0.29) is 37.2 Å². The normalized spacial score (nSPS) is 15.5. The minimum atomic E-state index is -0.522. The molecule has 1 heterocycles. The van der Waals surface area contributed by atoms with Crippen molar-refractivity contribution < 1.29 is 19.1 Å². The Bertz CT molecular complexity index is 980. The first-order valence-corrected chi connectivity index (χ1v) is 9.09. The molecule has 3 amide bonds. The van der Waals surface area contributed by atoms with Crippen molar-refractivity contribution in [3.63, 3.8) is 0 Å². The minimum Gasteiger partial charge on any atom is -0.497 e. The highest BCUT2D eigenvalue weighted by molar-refractivity contribution is 6.01. The van der Waals surface area contributed by atoms with Gasteiger partial charge in [-0.05, 0) is 30.3 Å². The number of benzene rings is 2. The molecule has 2 aromatic rings. The number of terminal acetylenes is 1. The fourth-order valence-corrected chi connectivity index (χ4v) is 3.11. The fraction of sp³-hybridized carbons (Fsp3) is 0.227. The van der Waals surface area contributed by atoms with E-state index >= 15 is 0 Å². The average Bonchev–Trinajstić information content (AvgIpc) is 3.14. The predicted octanol–water partition coefficient (Wildman–Crippen LogP) is 1.78. The zero-order valence-corrected chi connectivity index (χ0v) is 16.0. The number of hydrogen-bond donors (Lipinski definition) is 2. The van der Waals surface area contributed by atoms with Gasteiger partial charge in [0, 0.05) is 36.0 Å². The molecule has 0 radical (unpaired) electrons. The summed E-state index contributed by atoms with van der Waals surface area (Å²) in [5.41, 5.74) is 1.88. The molecule has 0 bridgehead atoms. The number of anilines is 2. The van der Waals surface area contributed by atoms with E-state index in [4.69, 9.17) is 11.2 Å². The van der Waals surface area contributed by atoms with Crippen molar-refractivity contribution in [1.29, 1.82) is 0 Å². The first-order valence-electron chi connectivity index (χ1n) is 9.09. The van der Waals surface area contributed by atoms with Crippen molar-refractivity contribution in [2.24, 2.45) is 5.92 Å². The van der Waals surface area contributed by atoms with Crippen LogP contribution in [-0.4, -0.2) is 37.9 Å². The van der Waals surface area contributed by atoms with Gasteiger partial charge in [0.2, 0.25) is 17.7 Å². The van der Waals surface area contributed by atoms with Gasteiger partial charge in [0.25, 0.3) is 0 Å². The Morgan fingerprint density at radius 2 is 2.03 bits per heavy atom. The number of amides is 3. The van der Waals surface area contributed by atoms with Crippen LogP contribution in [0.1, 0.15) is 12.0 Å². The molecular formula is C22H21N3O4. The zero-order valence-electron chi connectivity index (χ0n) is 16.0. The summed E-state index contributed by atoms with van der Waals surface area (Å²) in [7, 11) is 1.55. The molecule has 0 aliphatic carbocycles. The van der Waals surface area contributed by atoms with Crippen LogP contribution in [0.4, 0.5) is 11.4 Å². The molecule has 0 saturated carbocycles. The lowest BCUT2D eigenvalue weighted by Crippen LogP contribution is -2.37. The van der Waals surface area contributed by atoms with Gasteiger partial charge in [-0.15, -0.1) is 6.42 Å². The standard InChI is InChI=1S/C22H21N3O4/c1-3-15-6-4-7-17(10-15)24-20(26)13-23-22(28)16-11-21(27)25(14-16)18-8-5-9-19(12-18)29-2/h1,4-10,12,16H,11,13-14H2,2H3,(H,23,28)(H,24,26). The van der Waals surface area contributed by atoms with E-state index in [2.05, 4.69) is 16.6 Å². The topological polar surface area (TPSA) is 87.7 Å². The molecule has 148 valence electrons. The van der Waals surface area contributed by atoms with Crippen molar-refractivity contribution in [3.05, 3.63) is 54.1 Å². The monoisotopic (exact) mass is 391 g/mol. The molecule has 1 fully saturated rings. The summed E-state index contributed by atoms with van der Waals surface area (Å²) in [4.78, 5) is 38.4. The van der Waals surface area contributed by atoms with Gasteiger partial charge < -0.3 is 20.3 Å². The Labute approximate surface area is 169 Å². The second kappa shape index (κ2) is 8.93. The molecule has 1 atom stereocenters. The highest BCUT2D eigenvalue weighted by Crippen LogP contribution is 2.27. The van der Waals surface area contributed by atoms with Crippen LogP contribution < -0.4 is 20.3 Å². The summed E-state index contributed by atoms with van der Waals surface area (Å²) in [5, 5.41) is 5.27. The van der Waals surface area contributed by atoms with Crippen LogP contribution in [0.15, 0.2) is 48.5 Å². The summed E-state index contributed by atoms with van der Waals surface area (Å²) in [6, 6.07) is 14.0. The first-order chi connectivity index (χ1) is 14.0. The number of carbonyl (C=O) groups is 3. The third-order valence-corrected chi connectivity index (χ3v) is 4.60. The zero-order chi connectivity index (χ0) is 20.8.